The number of hydrogen-bond acceptors (Lipinski definition) is 5. The molecular weight excluding hydrogens is 404 g/mol. The summed E-state index contributed by atoms with van der Waals surface area (Å²) >= 11 is 7.20. The summed E-state index contributed by atoms with van der Waals surface area (Å²) in [5, 5.41) is 7.55. The summed E-state index contributed by atoms with van der Waals surface area (Å²) in [7, 11) is 4.65. The lowest BCUT2D eigenvalue weighted by molar-refractivity contribution is 0.0589. The molecule has 0 bridgehead atoms. The number of hydrogen-bond donors (Lipinski definition) is 2. The van der Waals surface area contributed by atoms with Gasteiger partial charge in [0, 0.05) is 26.5 Å². The van der Waals surface area contributed by atoms with E-state index in [2.05, 4.69) is 10.6 Å². The summed E-state index contributed by atoms with van der Waals surface area (Å²) in [6, 6.07) is 4.72. The van der Waals surface area contributed by atoms with Crippen LogP contribution in [-0.4, -0.2) is 34.0 Å². The lowest BCUT2D eigenvalue weighted by Crippen LogP contribution is -2.14. The Balaban J connectivity index is 1.74. The molecule has 8 nitrogen and oxygen atoms in total. The van der Waals surface area contributed by atoms with Crippen molar-refractivity contribution in [2.45, 2.75) is 0 Å². The Morgan fingerprint density at radius 3 is 2.14 bits per heavy atom. The minimum absolute atomic E-state index is 0.311. The van der Waals surface area contributed by atoms with Crippen molar-refractivity contribution >= 4 is 52.1 Å². The molecule has 2 amide bonds. The van der Waals surface area contributed by atoms with Gasteiger partial charge in [-0.05, 0) is 23.6 Å². The molecule has 0 saturated heterocycles. The number of anilines is 2. The molecule has 0 fully saturated rings. The zero-order valence-corrected chi connectivity index (χ0v) is 16.9. The summed E-state index contributed by atoms with van der Waals surface area (Å²) in [5.74, 6) is -1.23. The Labute approximate surface area is 169 Å². The standard InChI is InChI=1S/C18H17ClN4O4S/c1-22-8-10(21-17(25)15-12(19)4-5-28-15)6-13(22)16(24)20-11-7-14(18(26)27-3)23(2)9-11/h4-9H,1-3H3,(H,20,24)(H,21,25). The maximum atomic E-state index is 12.6. The van der Waals surface area contributed by atoms with E-state index >= 15 is 0 Å². The fourth-order valence-corrected chi connectivity index (χ4v) is 3.67. The molecule has 146 valence electrons. The number of aromatic nitrogens is 2. The summed E-state index contributed by atoms with van der Waals surface area (Å²) in [4.78, 5) is 36.9. The van der Waals surface area contributed by atoms with Crippen molar-refractivity contribution in [2.24, 2.45) is 14.1 Å². The number of methoxy groups -OCH3 is 1. The zero-order valence-electron chi connectivity index (χ0n) is 15.3. The first-order valence-corrected chi connectivity index (χ1v) is 9.32. The molecule has 0 radical (unpaired) electrons. The van der Waals surface area contributed by atoms with E-state index in [1.165, 1.54) is 24.5 Å². The van der Waals surface area contributed by atoms with Crippen molar-refractivity contribution in [2.75, 3.05) is 17.7 Å². The highest BCUT2D eigenvalue weighted by Crippen LogP contribution is 2.24. The quantitative estimate of drug-likeness (QED) is 0.619. The Morgan fingerprint density at radius 1 is 1.00 bits per heavy atom. The molecule has 0 atom stereocenters. The van der Waals surface area contributed by atoms with Gasteiger partial charge in [-0.15, -0.1) is 11.3 Å². The van der Waals surface area contributed by atoms with E-state index in [0.717, 1.165) is 0 Å². The topological polar surface area (TPSA) is 94.4 Å². The maximum absolute atomic E-state index is 12.6. The Kier molecular flexibility index (Phi) is 5.57. The van der Waals surface area contributed by atoms with Crippen LogP contribution in [0.15, 0.2) is 36.0 Å². The monoisotopic (exact) mass is 420 g/mol. The van der Waals surface area contributed by atoms with Gasteiger partial charge in [-0.25, -0.2) is 4.79 Å². The largest absolute Gasteiger partial charge is 0.464 e. The highest BCUT2D eigenvalue weighted by Gasteiger charge is 2.18. The molecule has 28 heavy (non-hydrogen) atoms. The van der Waals surface area contributed by atoms with Crippen molar-refractivity contribution in [1.29, 1.82) is 0 Å². The molecule has 10 heteroatoms. The number of ether oxygens (including phenoxy) is 1. The van der Waals surface area contributed by atoms with Gasteiger partial charge < -0.3 is 24.5 Å². The average Bonchev–Trinajstić information content (AvgIpc) is 3.33. The average molecular weight is 421 g/mol. The van der Waals surface area contributed by atoms with Gasteiger partial charge in [-0.2, -0.15) is 0 Å². The molecule has 3 aromatic heterocycles. The van der Waals surface area contributed by atoms with Crippen molar-refractivity contribution in [3.05, 3.63) is 57.3 Å². The predicted molar refractivity (Wildman–Crippen MR) is 107 cm³/mol. The highest BCUT2D eigenvalue weighted by molar-refractivity contribution is 7.12. The van der Waals surface area contributed by atoms with Crippen LogP contribution < -0.4 is 10.6 Å². The second-order valence-corrected chi connectivity index (χ2v) is 7.27. The number of carbonyl (C=O) groups is 3. The first-order chi connectivity index (χ1) is 13.3. The van der Waals surface area contributed by atoms with Gasteiger partial charge >= 0.3 is 5.97 Å². The van der Waals surface area contributed by atoms with Crippen LogP contribution in [0.4, 0.5) is 11.4 Å². The van der Waals surface area contributed by atoms with Crippen LogP contribution in [0, 0.1) is 0 Å². The van der Waals surface area contributed by atoms with Gasteiger partial charge in [-0.1, -0.05) is 11.6 Å². The number of esters is 1. The van der Waals surface area contributed by atoms with Crippen LogP contribution in [0.1, 0.15) is 30.6 Å². The third-order valence-corrected chi connectivity index (χ3v) is 5.32. The van der Waals surface area contributed by atoms with Crippen molar-refractivity contribution in [3.63, 3.8) is 0 Å². The minimum atomic E-state index is -0.501. The zero-order chi connectivity index (χ0) is 20.4. The Morgan fingerprint density at radius 2 is 1.57 bits per heavy atom. The van der Waals surface area contributed by atoms with E-state index in [1.54, 1.807) is 53.1 Å². The first-order valence-electron chi connectivity index (χ1n) is 8.07. The Hall–Kier alpha value is -3.04. The number of halogens is 1. The van der Waals surface area contributed by atoms with E-state index in [4.69, 9.17) is 16.3 Å². The smallest absolute Gasteiger partial charge is 0.354 e. The Bertz CT molecular complexity index is 1070. The summed E-state index contributed by atoms with van der Waals surface area (Å²) < 4.78 is 7.84. The number of nitrogens with one attached hydrogen (secondary N) is 2. The van der Waals surface area contributed by atoms with E-state index in [-0.39, 0.29) is 11.8 Å². The summed E-state index contributed by atoms with van der Waals surface area (Å²) in [6.07, 6.45) is 3.23. The van der Waals surface area contributed by atoms with Crippen LogP contribution in [-0.2, 0) is 18.8 Å². The summed E-state index contributed by atoms with van der Waals surface area (Å²) in [6.45, 7) is 0. The molecule has 0 spiro atoms. The molecule has 0 aliphatic rings. The molecule has 0 saturated carbocycles. The van der Waals surface area contributed by atoms with Crippen molar-refractivity contribution in [1.82, 2.24) is 9.13 Å². The lowest BCUT2D eigenvalue weighted by atomic mass is 10.3. The fraction of sp³-hybridized carbons (Fsp3) is 0.167. The lowest BCUT2D eigenvalue weighted by Gasteiger charge is -2.03. The molecule has 0 aromatic carbocycles. The number of aryl methyl sites for hydroxylation is 2. The van der Waals surface area contributed by atoms with Gasteiger partial charge in [0.15, 0.2) is 0 Å². The van der Waals surface area contributed by atoms with E-state index in [9.17, 15) is 14.4 Å². The first kappa shape index (κ1) is 19.7. The van der Waals surface area contributed by atoms with Crippen LogP contribution >= 0.6 is 22.9 Å². The van der Waals surface area contributed by atoms with E-state index in [1.807, 2.05) is 0 Å². The molecule has 3 heterocycles. The van der Waals surface area contributed by atoms with Gasteiger partial charge in [-0.3, -0.25) is 9.59 Å². The number of rotatable bonds is 5. The van der Waals surface area contributed by atoms with Gasteiger partial charge in [0.1, 0.15) is 16.3 Å². The van der Waals surface area contributed by atoms with Crippen LogP contribution in [0.5, 0.6) is 0 Å². The molecule has 0 aliphatic heterocycles. The maximum Gasteiger partial charge on any atom is 0.354 e. The third kappa shape index (κ3) is 3.95. The number of nitrogens with zero attached hydrogens (tertiary/aromatic N) is 2. The molecule has 2 N–H and O–H groups in total. The van der Waals surface area contributed by atoms with Gasteiger partial charge in [0.05, 0.1) is 23.5 Å². The molecule has 0 unspecified atom stereocenters. The number of thiophene rings is 1. The van der Waals surface area contributed by atoms with E-state index in [0.29, 0.717) is 32.7 Å². The van der Waals surface area contributed by atoms with Crippen LogP contribution in [0.2, 0.25) is 5.02 Å². The van der Waals surface area contributed by atoms with Gasteiger partial charge in [0.25, 0.3) is 11.8 Å². The van der Waals surface area contributed by atoms with Gasteiger partial charge in [0.2, 0.25) is 0 Å². The second kappa shape index (κ2) is 7.91. The second-order valence-electron chi connectivity index (χ2n) is 5.95. The molecular formula is C18H17ClN4O4S. The highest BCUT2D eigenvalue weighted by atomic mass is 35.5. The fourth-order valence-electron chi connectivity index (χ4n) is 2.64. The summed E-state index contributed by atoms with van der Waals surface area (Å²) in [5.41, 5.74) is 1.55. The normalized spacial score (nSPS) is 10.6. The SMILES string of the molecule is COC(=O)c1cc(NC(=O)c2cc(NC(=O)c3sccc3Cl)cn2C)cn1C. The van der Waals surface area contributed by atoms with Crippen molar-refractivity contribution < 1.29 is 19.1 Å². The predicted octanol–water partition coefficient (Wildman–Crippen LogP) is 3.37. The molecule has 3 rings (SSSR count). The number of carbonyl (C=O) groups excluding carboxylic acids is 3. The van der Waals surface area contributed by atoms with Crippen LogP contribution in [0.3, 0.4) is 0 Å². The van der Waals surface area contributed by atoms with Crippen LogP contribution in [0.25, 0.3) is 0 Å². The van der Waals surface area contributed by atoms with E-state index < -0.39 is 5.97 Å². The minimum Gasteiger partial charge on any atom is -0.464 e. The third-order valence-electron chi connectivity index (χ3n) is 3.98. The number of amides is 2. The van der Waals surface area contributed by atoms with Crippen molar-refractivity contribution in [3.8, 4) is 0 Å². The molecule has 0 aliphatic carbocycles. The molecule has 3 aromatic rings.